The minimum Gasteiger partial charge on any atom is -0.391 e. The van der Waals surface area contributed by atoms with Crippen LogP contribution in [0.2, 0.25) is 0 Å². The number of nitrogens with zero attached hydrogens (tertiary/aromatic N) is 5. The highest BCUT2D eigenvalue weighted by Crippen LogP contribution is 2.10. The summed E-state index contributed by atoms with van der Waals surface area (Å²) in [7, 11) is 0. The van der Waals surface area contributed by atoms with E-state index in [9.17, 15) is 0 Å². The van der Waals surface area contributed by atoms with E-state index in [0.29, 0.717) is 6.61 Å². The van der Waals surface area contributed by atoms with Crippen LogP contribution in [0.5, 0.6) is 0 Å². The van der Waals surface area contributed by atoms with Gasteiger partial charge in [0.25, 0.3) is 0 Å². The Bertz CT molecular complexity index is 753. The number of benzene rings is 2. The summed E-state index contributed by atoms with van der Waals surface area (Å²) in [6, 6.07) is 17.7. The van der Waals surface area contributed by atoms with Crippen molar-refractivity contribution in [3.05, 3.63) is 72.1 Å². The van der Waals surface area contributed by atoms with Gasteiger partial charge in [0.05, 0.1) is 11.4 Å². The van der Waals surface area contributed by atoms with Gasteiger partial charge in [-0.25, -0.2) is 4.68 Å². The summed E-state index contributed by atoms with van der Waals surface area (Å²) < 4.78 is 1.60. The van der Waals surface area contributed by atoms with Crippen LogP contribution in [-0.2, 0) is 11.4 Å². The highest BCUT2D eigenvalue weighted by atomic mass is 16.6. The van der Waals surface area contributed by atoms with Crippen LogP contribution in [0.15, 0.2) is 66.1 Å². The van der Waals surface area contributed by atoms with Gasteiger partial charge in [0.15, 0.2) is 0 Å². The fraction of sp³-hybridized carbons (Fsp3) is 0.125. The van der Waals surface area contributed by atoms with Gasteiger partial charge in [-0.2, -0.15) is 0 Å². The van der Waals surface area contributed by atoms with Gasteiger partial charge in [-0.3, -0.25) is 0 Å². The topological polar surface area (TPSA) is 65.2 Å². The molecule has 0 saturated carbocycles. The first kappa shape index (κ1) is 13.9. The van der Waals surface area contributed by atoms with Crippen LogP contribution < -0.4 is 0 Å². The first-order valence-electron chi connectivity index (χ1n) is 6.87. The van der Waals surface area contributed by atoms with E-state index in [1.54, 1.807) is 11.0 Å². The third kappa shape index (κ3) is 3.35. The molecule has 0 N–H and O–H groups in total. The molecule has 0 bridgehead atoms. The molecule has 2 aromatic carbocycles. The van der Waals surface area contributed by atoms with Crippen LogP contribution in [0.3, 0.4) is 0 Å². The molecule has 0 unspecified atom stereocenters. The molecule has 6 heteroatoms. The van der Waals surface area contributed by atoms with Crippen molar-refractivity contribution in [3.8, 4) is 5.69 Å². The molecular weight excluding hydrogens is 278 g/mol. The Morgan fingerprint density at radius 3 is 2.77 bits per heavy atom. The van der Waals surface area contributed by atoms with Gasteiger partial charge in [-0.05, 0) is 35.0 Å². The van der Waals surface area contributed by atoms with Crippen LogP contribution in [0, 0.1) is 0 Å². The number of hydrogen-bond acceptors (Lipinski definition) is 5. The lowest BCUT2D eigenvalue weighted by Crippen LogP contribution is -2.00. The predicted octanol–water partition coefficient (Wildman–Crippen LogP) is 2.60. The lowest BCUT2D eigenvalue weighted by atomic mass is 10.1. The highest BCUT2D eigenvalue weighted by Gasteiger charge is 2.03. The molecule has 0 aliphatic rings. The average Bonchev–Trinajstić information content (AvgIpc) is 3.10. The van der Waals surface area contributed by atoms with E-state index in [4.69, 9.17) is 4.84 Å². The summed E-state index contributed by atoms with van der Waals surface area (Å²) in [5, 5.41) is 15.3. The molecule has 0 atom stereocenters. The molecule has 0 fully saturated rings. The second-order valence-corrected chi connectivity index (χ2v) is 4.74. The van der Waals surface area contributed by atoms with Crippen molar-refractivity contribution in [3.63, 3.8) is 0 Å². The molecule has 0 aliphatic carbocycles. The first-order chi connectivity index (χ1) is 10.8. The minimum absolute atomic E-state index is 0.449. The van der Waals surface area contributed by atoms with Crippen LogP contribution in [0.4, 0.5) is 0 Å². The lowest BCUT2D eigenvalue weighted by Gasteiger charge is -2.05. The molecule has 6 nitrogen and oxygen atoms in total. The van der Waals surface area contributed by atoms with E-state index in [0.717, 1.165) is 22.5 Å². The maximum Gasteiger partial charge on any atom is 0.143 e. The average molecular weight is 293 g/mol. The molecule has 0 spiro atoms. The fourth-order valence-corrected chi connectivity index (χ4v) is 1.98. The van der Waals surface area contributed by atoms with E-state index < -0.39 is 0 Å². The number of oxime groups is 1. The minimum atomic E-state index is 0.449. The van der Waals surface area contributed by atoms with Crippen molar-refractivity contribution < 1.29 is 4.84 Å². The Hall–Kier alpha value is -3.02. The maximum absolute atomic E-state index is 5.41. The Morgan fingerprint density at radius 1 is 1.14 bits per heavy atom. The highest BCUT2D eigenvalue weighted by molar-refractivity contribution is 5.98. The molecule has 22 heavy (non-hydrogen) atoms. The first-order valence-corrected chi connectivity index (χ1v) is 6.87. The number of tetrazole rings is 1. The van der Waals surface area contributed by atoms with E-state index in [2.05, 4.69) is 20.7 Å². The van der Waals surface area contributed by atoms with E-state index in [1.807, 2.05) is 61.5 Å². The third-order valence-electron chi connectivity index (χ3n) is 3.15. The van der Waals surface area contributed by atoms with Gasteiger partial charge in [0.1, 0.15) is 12.9 Å². The number of aromatic nitrogens is 4. The molecule has 0 amide bonds. The lowest BCUT2D eigenvalue weighted by molar-refractivity contribution is 0.130. The van der Waals surface area contributed by atoms with E-state index >= 15 is 0 Å². The van der Waals surface area contributed by atoms with Crippen LogP contribution in [-0.4, -0.2) is 25.9 Å². The number of hydrogen-bond donors (Lipinski definition) is 0. The zero-order valence-corrected chi connectivity index (χ0v) is 12.1. The molecule has 0 aliphatic heterocycles. The summed E-state index contributed by atoms with van der Waals surface area (Å²) in [6.45, 7) is 2.36. The quantitative estimate of drug-likeness (QED) is 0.536. The molecule has 3 rings (SSSR count). The summed E-state index contributed by atoms with van der Waals surface area (Å²) in [5.74, 6) is 0. The summed E-state index contributed by atoms with van der Waals surface area (Å²) in [6.07, 6.45) is 1.55. The van der Waals surface area contributed by atoms with Crippen molar-refractivity contribution in [2.24, 2.45) is 5.16 Å². The van der Waals surface area contributed by atoms with Gasteiger partial charge in [0, 0.05) is 5.56 Å². The Kier molecular flexibility index (Phi) is 4.20. The van der Waals surface area contributed by atoms with Crippen LogP contribution >= 0.6 is 0 Å². The van der Waals surface area contributed by atoms with Gasteiger partial charge < -0.3 is 4.84 Å². The van der Waals surface area contributed by atoms with Crippen molar-refractivity contribution in [2.45, 2.75) is 13.5 Å². The molecule has 0 saturated heterocycles. The monoisotopic (exact) mass is 293 g/mol. The molecule has 110 valence electrons. The van der Waals surface area contributed by atoms with Crippen LogP contribution in [0.25, 0.3) is 5.69 Å². The third-order valence-corrected chi connectivity index (χ3v) is 3.15. The van der Waals surface area contributed by atoms with Crippen molar-refractivity contribution in [1.82, 2.24) is 20.2 Å². The van der Waals surface area contributed by atoms with Crippen LogP contribution in [0.1, 0.15) is 18.1 Å². The standard InChI is InChI=1S/C16H15N5O/c1-13(18-22-11-14-6-3-2-4-7-14)15-8-5-9-16(10-15)21-12-17-19-20-21/h2-10,12H,11H2,1H3/b18-13+. The Morgan fingerprint density at radius 2 is 2.00 bits per heavy atom. The SMILES string of the molecule is C/C(=N\OCc1ccccc1)c1cccc(-n2cnnn2)c1. The van der Waals surface area contributed by atoms with E-state index in [1.165, 1.54) is 0 Å². The van der Waals surface area contributed by atoms with Crippen molar-refractivity contribution in [2.75, 3.05) is 0 Å². The zero-order chi connectivity index (χ0) is 15.2. The zero-order valence-electron chi connectivity index (χ0n) is 12.1. The molecule has 3 aromatic rings. The Labute approximate surface area is 128 Å². The van der Waals surface area contributed by atoms with Gasteiger partial charge in [-0.15, -0.1) is 5.10 Å². The summed E-state index contributed by atoms with van der Waals surface area (Å²) in [4.78, 5) is 5.41. The van der Waals surface area contributed by atoms with Gasteiger partial charge >= 0.3 is 0 Å². The molecule has 0 radical (unpaired) electrons. The van der Waals surface area contributed by atoms with Crippen molar-refractivity contribution >= 4 is 5.71 Å². The number of rotatable bonds is 5. The van der Waals surface area contributed by atoms with E-state index in [-0.39, 0.29) is 0 Å². The second kappa shape index (κ2) is 6.62. The van der Waals surface area contributed by atoms with Crippen molar-refractivity contribution in [1.29, 1.82) is 0 Å². The normalized spacial score (nSPS) is 11.4. The predicted molar refractivity (Wildman–Crippen MR) is 82.6 cm³/mol. The fourth-order valence-electron chi connectivity index (χ4n) is 1.98. The largest absolute Gasteiger partial charge is 0.391 e. The molecule has 1 heterocycles. The Balaban J connectivity index is 1.70. The smallest absolute Gasteiger partial charge is 0.143 e. The maximum atomic E-state index is 5.41. The van der Waals surface area contributed by atoms with Gasteiger partial charge in [0.2, 0.25) is 0 Å². The molecule has 1 aromatic heterocycles. The second-order valence-electron chi connectivity index (χ2n) is 4.74. The molecular formula is C16H15N5O. The summed E-state index contributed by atoms with van der Waals surface area (Å²) in [5.41, 5.74) is 3.72. The summed E-state index contributed by atoms with van der Waals surface area (Å²) >= 11 is 0. The van der Waals surface area contributed by atoms with Gasteiger partial charge in [-0.1, -0.05) is 47.6 Å².